The van der Waals surface area contributed by atoms with E-state index >= 15 is 0 Å². The van der Waals surface area contributed by atoms with Gasteiger partial charge in [-0.15, -0.1) is 0 Å². The maximum atomic E-state index is 13.4. The van der Waals surface area contributed by atoms with E-state index in [1.54, 1.807) is 24.3 Å². The molecule has 5 aromatic rings. The van der Waals surface area contributed by atoms with Crippen molar-refractivity contribution in [3.63, 3.8) is 0 Å². The molecule has 0 saturated carbocycles. The smallest absolute Gasteiger partial charge is 0.323 e. The highest BCUT2D eigenvalue weighted by atomic mass is 32.2. The van der Waals surface area contributed by atoms with Crippen molar-refractivity contribution in [1.82, 2.24) is 9.97 Å². The van der Waals surface area contributed by atoms with Crippen molar-refractivity contribution in [2.24, 2.45) is 0 Å². The molecule has 0 radical (unpaired) electrons. The number of carbonyl (C=O) groups is 1. The first-order valence-electron chi connectivity index (χ1n) is 14.0. The van der Waals surface area contributed by atoms with Crippen molar-refractivity contribution in [3.8, 4) is 28.8 Å². The Morgan fingerprint density at radius 1 is 0.867 bits per heavy atom. The Morgan fingerprint density at radius 2 is 1.51 bits per heavy atom. The third-order valence-corrected chi connectivity index (χ3v) is 7.44. The zero-order valence-electron chi connectivity index (χ0n) is 25.5. The summed E-state index contributed by atoms with van der Waals surface area (Å²) in [5, 5.41) is 7.13. The number of aromatic nitrogens is 2. The molecule has 0 unspecified atom stereocenters. The van der Waals surface area contributed by atoms with Crippen LogP contribution in [0.25, 0.3) is 22.2 Å². The summed E-state index contributed by atoms with van der Waals surface area (Å²) in [6.45, 7) is 5.95. The van der Waals surface area contributed by atoms with Gasteiger partial charge in [-0.2, -0.15) is 4.98 Å². The highest BCUT2D eigenvalue weighted by molar-refractivity contribution is 7.92. The van der Waals surface area contributed by atoms with Crippen LogP contribution in [0, 0.1) is 0 Å². The second kappa shape index (κ2) is 12.3. The molecule has 0 bridgehead atoms. The number of rotatable bonds is 8. The molecule has 0 saturated heterocycles. The zero-order valence-corrected chi connectivity index (χ0v) is 26.3. The molecule has 45 heavy (non-hydrogen) atoms. The van der Waals surface area contributed by atoms with Crippen LogP contribution < -0.4 is 30.6 Å². The topological polar surface area (TPSA) is 158 Å². The van der Waals surface area contributed by atoms with Gasteiger partial charge in [-0.1, -0.05) is 75.4 Å². The van der Waals surface area contributed by atoms with E-state index in [0.29, 0.717) is 33.7 Å². The molecular formula is C33H34N6O5S. The molecular weight excluding hydrogens is 592 g/mol. The molecule has 1 aromatic heterocycles. The van der Waals surface area contributed by atoms with Gasteiger partial charge >= 0.3 is 6.03 Å². The zero-order chi connectivity index (χ0) is 32.4. The van der Waals surface area contributed by atoms with E-state index in [4.69, 9.17) is 15.2 Å². The lowest BCUT2D eigenvalue weighted by Crippen LogP contribution is -2.22. The van der Waals surface area contributed by atoms with Gasteiger partial charge in [-0.05, 0) is 35.2 Å². The van der Waals surface area contributed by atoms with Crippen LogP contribution in [0.2, 0.25) is 0 Å². The van der Waals surface area contributed by atoms with Gasteiger partial charge in [0.15, 0.2) is 11.6 Å². The number of sulfonamides is 1. The predicted octanol–water partition coefficient (Wildman–Crippen LogP) is 6.99. The Hall–Kier alpha value is -5.36. The number of carbonyl (C=O) groups excluding carboxylic acids is 1. The molecule has 5 N–H and O–H groups in total. The summed E-state index contributed by atoms with van der Waals surface area (Å²) in [5.74, 6) is 1.34. The first kappa shape index (κ1) is 31.1. The van der Waals surface area contributed by atoms with Crippen molar-refractivity contribution in [3.05, 3.63) is 90.6 Å². The molecule has 0 spiro atoms. The number of hydrogen-bond acceptors (Lipinski definition) is 8. The largest absolute Gasteiger partial charge is 0.492 e. The third-order valence-electron chi connectivity index (χ3n) is 6.85. The fourth-order valence-electron chi connectivity index (χ4n) is 4.68. The molecule has 0 fully saturated rings. The highest BCUT2D eigenvalue weighted by Gasteiger charge is 2.22. The second-order valence-corrected chi connectivity index (χ2v) is 13.1. The van der Waals surface area contributed by atoms with Gasteiger partial charge < -0.3 is 25.8 Å². The Morgan fingerprint density at radius 3 is 2.18 bits per heavy atom. The number of nitrogens with one attached hydrogen (secondary N) is 3. The van der Waals surface area contributed by atoms with E-state index in [0.717, 1.165) is 17.4 Å². The maximum absolute atomic E-state index is 13.4. The summed E-state index contributed by atoms with van der Waals surface area (Å²) < 4.78 is 38.4. The minimum absolute atomic E-state index is 0.175. The summed E-state index contributed by atoms with van der Waals surface area (Å²) in [4.78, 5) is 22.2. The van der Waals surface area contributed by atoms with Crippen LogP contribution in [0.15, 0.2) is 85.1 Å². The molecule has 0 aliphatic carbocycles. The van der Waals surface area contributed by atoms with Gasteiger partial charge in [0.1, 0.15) is 11.4 Å². The maximum Gasteiger partial charge on any atom is 0.323 e. The van der Waals surface area contributed by atoms with Gasteiger partial charge in [-0.3, -0.25) is 4.72 Å². The number of nitrogen functional groups attached to an aromatic ring is 1. The lowest BCUT2D eigenvalue weighted by Gasteiger charge is -2.24. The van der Waals surface area contributed by atoms with Crippen molar-refractivity contribution >= 4 is 49.6 Å². The number of ether oxygens (including phenoxy) is 2. The van der Waals surface area contributed by atoms with Gasteiger partial charge in [-0.25, -0.2) is 18.2 Å². The predicted molar refractivity (Wildman–Crippen MR) is 179 cm³/mol. The number of anilines is 4. The molecule has 0 aliphatic rings. The Labute approximate surface area is 261 Å². The van der Waals surface area contributed by atoms with Gasteiger partial charge in [0, 0.05) is 16.3 Å². The van der Waals surface area contributed by atoms with Gasteiger partial charge in [0.05, 0.1) is 36.6 Å². The average Bonchev–Trinajstić information content (AvgIpc) is 2.98. The molecule has 12 heteroatoms. The van der Waals surface area contributed by atoms with E-state index in [2.05, 4.69) is 25.3 Å². The lowest BCUT2D eigenvalue weighted by molar-refractivity contribution is 0.262. The fourth-order valence-corrected chi connectivity index (χ4v) is 5.23. The first-order valence-corrected chi connectivity index (χ1v) is 15.9. The van der Waals surface area contributed by atoms with Crippen molar-refractivity contribution in [2.45, 2.75) is 26.2 Å². The summed E-state index contributed by atoms with van der Waals surface area (Å²) in [7, 11) is -2.22. The SMILES string of the molecule is COc1c(NC(=O)Nc2ccc(Oc3nc(-c4ccccc4)ncc3N)c3ccccc23)cc(C(C)(C)C)cc1NS(C)(=O)=O. The van der Waals surface area contributed by atoms with E-state index in [1.165, 1.54) is 13.3 Å². The second-order valence-electron chi connectivity index (χ2n) is 11.4. The molecule has 0 aliphatic heterocycles. The van der Waals surface area contributed by atoms with Crippen molar-refractivity contribution < 1.29 is 22.7 Å². The number of nitrogens with zero attached hydrogens (tertiary/aromatic N) is 2. The van der Waals surface area contributed by atoms with Crippen molar-refractivity contribution in [2.75, 3.05) is 34.5 Å². The van der Waals surface area contributed by atoms with Gasteiger partial charge in [0.2, 0.25) is 15.9 Å². The molecule has 11 nitrogen and oxygen atoms in total. The molecule has 232 valence electrons. The molecule has 2 amide bonds. The third kappa shape index (κ3) is 7.24. The molecule has 5 rings (SSSR count). The fraction of sp³-hybridized carbons (Fsp3) is 0.182. The van der Waals surface area contributed by atoms with Crippen molar-refractivity contribution in [1.29, 1.82) is 0 Å². The Kier molecular flexibility index (Phi) is 8.51. The minimum Gasteiger partial charge on any atom is -0.492 e. The summed E-state index contributed by atoms with van der Waals surface area (Å²) >= 11 is 0. The van der Waals surface area contributed by atoms with E-state index in [9.17, 15) is 13.2 Å². The average molecular weight is 627 g/mol. The number of fused-ring (bicyclic) bond motifs is 1. The lowest BCUT2D eigenvalue weighted by atomic mass is 9.86. The normalized spacial score (nSPS) is 11.6. The number of urea groups is 1. The van der Waals surface area contributed by atoms with Crippen LogP contribution in [0.4, 0.5) is 27.5 Å². The summed E-state index contributed by atoms with van der Waals surface area (Å²) in [6.07, 6.45) is 2.56. The van der Waals surface area contributed by atoms with Gasteiger partial charge in [0.25, 0.3) is 0 Å². The molecule has 1 heterocycles. The van der Waals surface area contributed by atoms with Crippen LogP contribution in [0.1, 0.15) is 26.3 Å². The van der Waals surface area contributed by atoms with Crippen LogP contribution in [0.5, 0.6) is 17.4 Å². The molecule has 4 aromatic carbocycles. The Bertz CT molecular complexity index is 1990. The number of benzene rings is 4. The number of hydrogen-bond donors (Lipinski definition) is 4. The van der Waals surface area contributed by atoms with Crippen LogP contribution in [-0.4, -0.2) is 37.8 Å². The summed E-state index contributed by atoms with van der Waals surface area (Å²) in [5.41, 5.74) is 8.73. The van der Waals surface area contributed by atoms with Crippen LogP contribution in [-0.2, 0) is 15.4 Å². The first-order chi connectivity index (χ1) is 21.3. The standard InChI is InChI=1S/C33H34N6O5S/c1-33(2,3)21-17-26(29(43-4)27(18-21)39-45(5,41)42)37-32(40)36-25-15-16-28(23-14-10-9-13-22(23)25)44-31-24(34)19-35-30(38-31)20-11-7-6-8-12-20/h6-19,39H,34H2,1-5H3,(H2,36,37,40). The molecule has 0 atom stereocenters. The number of nitrogens with two attached hydrogens (primary N) is 1. The van der Waals surface area contributed by atoms with E-state index < -0.39 is 16.1 Å². The Balaban J connectivity index is 1.45. The monoisotopic (exact) mass is 626 g/mol. The highest BCUT2D eigenvalue weighted by Crippen LogP contribution is 2.40. The number of amides is 2. The summed E-state index contributed by atoms with van der Waals surface area (Å²) in [6, 6.07) is 23.3. The number of methoxy groups -OCH3 is 1. The van der Waals surface area contributed by atoms with Crippen LogP contribution >= 0.6 is 0 Å². The minimum atomic E-state index is -3.62. The van der Waals surface area contributed by atoms with Crippen LogP contribution in [0.3, 0.4) is 0 Å². The van der Waals surface area contributed by atoms with E-state index in [1.807, 2.05) is 75.4 Å². The quantitative estimate of drug-likeness (QED) is 0.143. The van der Waals surface area contributed by atoms with E-state index in [-0.39, 0.29) is 28.4 Å².